The molecule has 1 aromatic carbocycles. The summed E-state index contributed by atoms with van der Waals surface area (Å²) in [7, 11) is 0. The Bertz CT molecular complexity index is 761. The standard InChI is InChI=1S/C18H23ClN4O.ClH/c1-3-16-15(17(24)22-8-7-18(2,11-20)12-22)10-21-23(16)14-6-4-5-13(19)9-14;/h4-6,9-10H,3,7-8,11-12,20H2,1-2H3;1H. The Morgan fingerprint density at radius 3 is 2.80 bits per heavy atom. The van der Waals surface area contributed by atoms with Crippen molar-refractivity contribution in [3.63, 3.8) is 0 Å². The molecule has 1 fully saturated rings. The highest BCUT2D eigenvalue weighted by molar-refractivity contribution is 6.30. The van der Waals surface area contributed by atoms with Gasteiger partial charge in [0, 0.05) is 18.1 Å². The third-order valence-electron chi connectivity index (χ3n) is 4.82. The minimum Gasteiger partial charge on any atom is -0.338 e. The van der Waals surface area contributed by atoms with Crippen molar-refractivity contribution < 1.29 is 4.79 Å². The van der Waals surface area contributed by atoms with Crippen LogP contribution in [0.2, 0.25) is 5.02 Å². The van der Waals surface area contributed by atoms with Crippen LogP contribution in [-0.4, -0.2) is 40.2 Å². The van der Waals surface area contributed by atoms with E-state index in [9.17, 15) is 4.79 Å². The Morgan fingerprint density at radius 2 is 2.20 bits per heavy atom. The highest BCUT2D eigenvalue weighted by atomic mass is 35.5. The fourth-order valence-corrected chi connectivity index (χ4v) is 3.44. The first-order valence-electron chi connectivity index (χ1n) is 8.29. The number of nitrogens with zero attached hydrogens (tertiary/aromatic N) is 3. The van der Waals surface area contributed by atoms with Crippen molar-refractivity contribution in [1.82, 2.24) is 14.7 Å². The number of carbonyl (C=O) groups excluding carboxylic acids is 1. The van der Waals surface area contributed by atoms with Crippen molar-refractivity contribution in [1.29, 1.82) is 0 Å². The normalized spacial score (nSPS) is 19.8. The van der Waals surface area contributed by atoms with Gasteiger partial charge in [-0.15, -0.1) is 12.4 Å². The Morgan fingerprint density at radius 1 is 1.44 bits per heavy atom. The third kappa shape index (κ3) is 3.84. The molecule has 1 aliphatic rings. The summed E-state index contributed by atoms with van der Waals surface area (Å²) in [4.78, 5) is 14.8. The molecular formula is C18H24Cl2N4O. The summed E-state index contributed by atoms with van der Waals surface area (Å²) in [5.41, 5.74) is 8.31. The molecule has 2 aromatic rings. The molecule has 1 aliphatic heterocycles. The molecule has 0 radical (unpaired) electrons. The first kappa shape index (κ1) is 19.8. The van der Waals surface area contributed by atoms with E-state index in [1.54, 1.807) is 10.9 Å². The second kappa shape index (κ2) is 7.77. The highest BCUT2D eigenvalue weighted by Gasteiger charge is 2.36. The summed E-state index contributed by atoms with van der Waals surface area (Å²) in [5.74, 6) is 0.0392. The van der Waals surface area contributed by atoms with E-state index in [1.165, 1.54) is 0 Å². The molecule has 0 spiro atoms. The number of hydrogen-bond donors (Lipinski definition) is 1. The lowest BCUT2D eigenvalue weighted by molar-refractivity contribution is 0.0776. The minimum absolute atomic E-state index is 0. The molecule has 3 rings (SSSR count). The number of halogens is 2. The van der Waals surface area contributed by atoms with Crippen LogP contribution in [0, 0.1) is 5.41 Å². The van der Waals surface area contributed by atoms with E-state index in [4.69, 9.17) is 17.3 Å². The molecule has 25 heavy (non-hydrogen) atoms. The SMILES string of the molecule is CCc1c(C(=O)N2CCC(C)(CN)C2)cnn1-c1cccc(Cl)c1.Cl. The van der Waals surface area contributed by atoms with Crippen LogP contribution >= 0.6 is 24.0 Å². The molecule has 5 nitrogen and oxygen atoms in total. The zero-order valence-corrected chi connectivity index (χ0v) is 16.1. The molecule has 1 aromatic heterocycles. The van der Waals surface area contributed by atoms with Gasteiger partial charge in [0.1, 0.15) is 0 Å². The summed E-state index contributed by atoms with van der Waals surface area (Å²) in [6, 6.07) is 7.49. The number of likely N-dealkylation sites (tertiary alicyclic amines) is 1. The van der Waals surface area contributed by atoms with Gasteiger partial charge < -0.3 is 10.6 Å². The lowest BCUT2D eigenvalue weighted by Crippen LogP contribution is -2.34. The topological polar surface area (TPSA) is 64.2 Å². The van der Waals surface area contributed by atoms with E-state index >= 15 is 0 Å². The lowest BCUT2D eigenvalue weighted by atomic mass is 9.90. The van der Waals surface area contributed by atoms with Crippen LogP contribution in [0.15, 0.2) is 30.5 Å². The molecule has 1 unspecified atom stereocenters. The molecule has 2 heterocycles. The van der Waals surface area contributed by atoms with Crippen molar-refractivity contribution >= 4 is 29.9 Å². The predicted octanol–water partition coefficient (Wildman–Crippen LogP) is 3.32. The maximum absolute atomic E-state index is 12.9. The van der Waals surface area contributed by atoms with Crippen LogP contribution in [-0.2, 0) is 6.42 Å². The van der Waals surface area contributed by atoms with E-state index in [1.807, 2.05) is 36.1 Å². The summed E-state index contributed by atoms with van der Waals surface area (Å²) < 4.78 is 1.80. The fourth-order valence-electron chi connectivity index (χ4n) is 3.26. The highest BCUT2D eigenvalue weighted by Crippen LogP contribution is 2.30. The van der Waals surface area contributed by atoms with Gasteiger partial charge in [-0.25, -0.2) is 4.68 Å². The molecule has 1 saturated heterocycles. The van der Waals surface area contributed by atoms with E-state index in [2.05, 4.69) is 12.0 Å². The third-order valence-corrected chi connectivity index (χ3v) is 5.06. The van der Waals surface area contributed by atoms with Gasteiger partial charge in [-0.1, -0.05) is 31.5 Å². The van der Waals surface area contributed by atoms with Crippen LogP contribution in [0.3, 0.4) is 0 Å². The first-order valence-corrected chi connectivity index (χ1v) is 8.67. The van der Waals surface area contributed by atoms with Crippen molar-refractivity contribution in [2.75, 3.05) is 19.6 Å². The lowest BCUT2D eigenvalue weighted by Gasteiger charge is -2.22. The number of amides is 1. The molecule has 0 bridgehead atoms. The molecule has 0 aliphatic carbocycles. The molecular weight excluding hydrogens is 359 g/mol. The van der Waals surface area contributed by atoms with Gasteiger partial charge in [-0.05, 0) is 43.0 Å². The monoisotopic (exact) mass is 382 g/mol. The van der Waals surface area contributed by atoms with Crippen LogP contribution in [0.4, 0.5) is 0 Å². The Kier molecular flexibility index (Phi) is 6.14. The van der Waals surface area contributed by atoms with Crippen molar-refractivity contribution in [2.45, 2.75) is 26.7 Å². The van der Waals surface area contributed by atoms with Crippen LogP contribution in [0.25, 0.3) is 5.69 Å². The summed E-state index contributed by atoms with van der Waals surface area (Å²) in [5, 5.41) is 5.08. The second-order valence-electron chi connectivity index (χ2n) is 6.74. The van der Waals surface area contributed by atoms with Crippen molar-refractivity contribution in [2.24, 2.45) is 11.1 Å². The van der Waals surface area contributed by atoms with Crippen molar-refractivity contribution in [3.8, 4) is 5.69 Å². The average Bonchev–Trinajstić information content (AvgIpc) is 3.18. The summed E-state index contributed by atoms with van der Waals surface area (Å²) >= 11 is 6.08. The summed E-state index contributed by atoms with van der Waals surface area (Å²) in [6.45, 7) is 6.21. The van der Waals surface area contributed by atoms with E-state index in [0.717, 1.165) is 30.8 Å². The minimum atomic E-state index is 0. The molecule has 0 saturated carbocycles. The molecule has 136 valence electrons. The number of benzene rings is 1. The van der Waals surface area contributed by atoms with Crippen LogP contribution in [0.5, 0.6) is 0 Å². The number of rotatable bonds is 4. The Labute approximate surface area is 159 Å². The fraction of sp³-hybridized carbons (Fsp3) is 0.444. The molecule has 1 amide bonds. The quantitative estimate of drug-likeness (QED) is 0.881. The van der Waals surface area contributed by atoms with Gasteiger partial charge in [0.2, 0.25) is 0 Å². The van der Waals surface area contributed by atoms with E-state index in [-0.39, 0.29) is 23.7 Å². The number of hydrogen-bond acceptors (Lipinski definition) is 3. The number of nitrogens with two attached hydrogens (primary N) is 1. The van der Waals surface area contributed by atoms with E-state index < -0.39 is 0 Å². The largest absolute Gasteiger partial charge is 0.338 e. The number of carbonyl (C=O) groups is 1. The van der Waals surface area contributed by atoms with Gasteiger partial charge in [0.05, 0.1) is 23.1 Å². The number of aromatic nitrogens is 2. The maximum Gasteiger partial charge on any atom is 0.257 e. The predicted molar refractivity (Wildman–Crippen MR) is 103 cm³/mol. The zero-order chi connectivity index (χ0) is 17.3. The molecule has 1 atom stereocenters. The van der Waals surface area contributed by atoms with Gasteiger partial charge >= 0.3 is 0 Å². The van der Waals surface area contributed by atoms with Gasteiger partial charge in [-0.2, -0.15) is 5.10 Å². The van der Waals surface area contributed by atoms with E-state index in [0.29, 0.717) is 23.7 Å². The second-order valence-corrected chi connectivity index (χ2v) is 7.18. The maximum atomic E-state index is 12.9. The van der Waals surface area contributed by atoms with Gasteiger partial charge in [0.15, 0.2) is 0 Å². The smallest absolute Gasteiger partial charge is 0.257 e. The molecule has 7 heteroatoms. The first-order chi connectivity index (χ1) is 11.5. The molecule has 2 N–H and O–H groups in total. The Balaban J connectivity index is 0.00000225. The van der Waals surface area contributed by atoms with Crippen LogP contribution < -0.4 is 5.73 Å². The van der Waals surface area contributed by atoms with Gasteiger partial charge in [0.25, 0.3) is 5.91 Å². The zero-order valence-electron chi connectivity index (χ0n) is 14.5. The Hall–Kier alpha value is -1.56. The van der Waals surface area contributed by atoms with Crippen molar-refractivity contribution in [3.05, 3.63) is 46.7 Å². The summed E-state index contributed by atoms with van der Waals surface area (Å²) in [6.07, 6.45) is 3.33. The van der Waals surface area contributed by atoms with Crippen LogP contribution in [0.1, 0.15) is 36.3 Å². The average molecular weight is 383 g/mol. The van der Waals surface area contributed by atoms with Gasteiger partial charge in [-0.3, -0.25) is 4.79 Å².